The Morgan fingerprint density at radius 2 is 1.90 bits per heavy atom. The number of hydrogen-bond donors (Lipinski definition) is 2. The van der Waals surface area contributed by atoms with Crippen molar-refractivity contribution in [3.8, 4) is 16.4 Å². The van der Waals surface area contributed by atoms with Gasteiger partial charge in [0.05, 0.1) is 12.1 Å². The molecule has 0 atom stereocenters. The van der Waals surface area contributed by atoms with Gasteiger partial charge >= 0.3 is 0 Å². The van der Waals surface area contributed by atoms with Crippen molar-refractivity contribution in [3.63, 3.8) is 0 Å². The molecule has 0 saturated carbocycles. The molecule has 1 amide bonds. The maximum Gasteiger partial charge on any atom is 0.277 e. The standard InChI is InChI=1S/C21H17ClN4O2S/c1-13-17(11-19(27)23-16-9-7-15(22)8-10-16)20(28)26(25-13)21-24-18(12-29-21)14-5-3-2-4-6-14/h2-10,12,25H,11H2,1H3,(H,23,27). The number of carbonyl (C=O) groups is 1. The van der Waals surface area contributed by atoms with Crippen LogP contribution in [0.3, 0.4) is 0 Å². The van der Waals surface area contributed by atoms with Crippen molar-refractivity contribution in [2.75, 3.05) is 5.32 Å². The van der Waals surface area contributed by atoms with Crippen LogP contribution in [0.2, 0.25) is 5.02 Å². The van der Waals surface area contributed by atoms with Gasteiger partial charge in [0.1, 0.15) is 0 Å². The highest BCUT2D eigenvalue weighted by Crippen LogP contribution is 2.23. The van der Waals surface area contributed by atoms with E-state index >= 15 is 0 Å². The highest BCUT2D eigenvalue weighted by molar-refractivity contribution is 7.12. The number of aryl methyl sites for hydroxylation is 1. The average molecular weight is 425 g/mol. The lowest BCUT2D eigenvalue weighted by Crippen LogP contribution is -2.22. The molecule has 6 nitrogen and oxygen atoms in total. The van der Waals surface area contributed by atoms with Crippen LogP contribution in [0.5, 0.6) is 0 Å². The molecule has 4 aromatic rings. The molecule has 8 heteroatoms. The topological polar surface area (TPSA) is 79.8 Å². The van der Waals surface area contributed by atoms with Crippen molar-refractivity contribution in [1.82, 2.24) is 14.8 Å². The zero-order chi connectivity index (χ0) is 20.4. The van der Waals surface area contributed by atoms with Gasteiger partial charge in [-0.15, -0.1) is 11.3 Å². The lowest BCUT2D eigenvalue weighted by atomic mass is 10.2. The van der Waals surface area contributed by atoms with Crippen LogP contribution >= 0.6 is 22.9 Å². The van der Waals surface area contributed by atoms with Crippen molar-refractivity contribution < 1.29 is 4.79 Å². The van der Waals surface area contributed by atoms with Crippen molar-refractivity contribution in [2.45, 2.75) is 13.3 Å². The first kappa shape index (κ1) is 19.2. The van der Waals surface area contributed by atoms with E-state index in [4.69, 9.17) is 11.6 Å². The monoisotopic (exact) mass is 424 g/mol. The van der Waals surface area contributed by atoms with Gasteiger partial charge in [-0.05, 0) is 31.2 Å². The summed E-state index contributed by atoms with van der Waals surface area (Å²) in [7, 11) is 0. The Balaban J connectivity index is 1.55. The minimum atomic E-state index is -0.275. The second kappa shape index (κ2) is 8.06. The summed E-state index contributed by atoms with van der Waals surface area (Å²) in [5.74, 6) is -0.275. The van der Waals surface area contributed by atoms with Crippen molar-refractivity contribution >= 4 is 34.5 Å². The summed E-state index contributed by atoms with van der Waals surface area (Å²) >= 11 is 7.22. The van der Waals surface area contributed by atoms with Gasteiger partial charge in [0, 0.05) is 32.9 Å². The van der Waals surface area contributed by atoms with Crippen molar-refractivity contribution in [2.24, 2.45) is 0 Å². The molecule has 2 heterocycles. The summed E-state index contributed by atoms with van der Waals surface area (Å²) < 4.78 is 1.39. The molecule has 0 bridgehead atoms. The van der Waals surface area contributed by atoms with Gasteiger partial charge < -0.3 is 5.32 Å². The van der Waals surface area contributed by atoms with E-state index in [1.807, 2.05) is 35.7 Å². The first-order chi connectivity index (χ1) is 14.0. The van der Waals surface area contributed by atoms with E-state index in [2.05, 4.69) is 15.4 Å². The smallest absolute Gasteiger partial charge is 0.277 e. The zero-order valence-electron chi connectivity index (χ0n) is 15.5. The van der Waals surface area contributed by atoms with E-state index < -0.39 is 0 Å². The van der Waals surface area contributed by atoms with Gasteiger partial charge in [0.2, 0.25) is 11.0 Å². The lowest BCUT2D eigenvalue weighted by molar-refractivity contribution is -0.115. The Bertz CT molecular complexity index is 1210. The predicted octanol–water partition coefficient (Wildman–Crippen LogP) is 4.43. The maximum absolute atomic E-state index is 12.9. The fraction of sp³-hybridized carbons (Fsp3) is 0.0952. The maximum atomic E-state index is 12.9. The van der Waals surface area contributed by atoms with Crippen LogP contribution in [-0.4, -0.2) is 20.7 Å². The van der Waals surface area contributed by atoms with Crippen LogP contribution in [0.4, 0.5) is 5.69 Å². The molecular formula is C21H17ClN4O2S. The SMILES string of the molecule is Cc1[nH]n(-c2nc(-c3ccccc3)cs2)c(=O)c1CC(=O)Nc1ccc(Cl)cc1. The molecule has 0 unspecified atom stereocenters. The second-order valence-electron chi connectivity index (χ2n) is 6.47. The van der Waals surface area contributed by atoms with Crippen molar-refractivity contribution in [3.05, 3.63) is 86.6 Å². The van der Waals surface area contributed by atoms with E-state index in [1.54, 1.807) is 31.2 Å². The summed E-state index contributed by atoms with van der Waals surface area (Å²) in [5.41, 5.74) is 3.18. The number of amides is 1. The second-order valence-corrected chi connectivity index (χ2v) is 7.74. The Labute approximate surface area is 175 Å². The fourth-order valence-corrected chi connectivity index (χ4v) is 3.85. The van der Waals surface area contributed by atoms with Crippen LogP contribution < -0.4 is 10.9 Å². The average Bonchev–Trinajstić information content (AvgIpc) is 3.31. The molecule has 146 valence electrons. The molecule has 0 fully saturated rings. The molecular weight excluding hydrogens is 408 g/mol. The van der Waals surface area contributed by atoms with Crippen LogP contribution in [0, 0.1) is 6.92 Å². The third kappa shape index (κ3) is 4.16. The van der Waals surface area contributed by atoms with E-state index in [9.17, 15) is 9.59 Å². The Morgan fingerprint density at radius 3 is 2.62 bits per heavy atom. The number of anilines is 1. The number of rotatable bonds is 5. The Hall–Kier alpha value is -3.16. The van der Waals surface area contributed by atoms with Gasteiger partial charge in [0.15, 0.2) is 0 Å². The molecule has 4 rings (SSSR count). The molecule has 2 aromatic heterocycles. The number of H-pyrrole nitrogens is 1. The minimum absolute atomic E-state index is 0.0340. The van der Waals surface area contributed by atoms with Gasteiger partial charge in [-0.1, -0.05) is 41.9 Å². The summed E-state index contributed by atoms with van der Waals surface area (Å²) in [4.78, 5) is 29.8. The Morgan fingerprint density at radius 1 is 1.17 bits per heavy atom. The van der Waals surface area contributed by atoms with E-state index in [0.717, 1.165) is 11.3 Å². The number of aromatic nitrogens is 3. The van der Waals surface area contributed by atoms with Crippen LogP contribution in [0.15, 0.2) is 64.8 Å². The van der Waals surface area contributed by atoms with Crippen molar-refractivity contribution in [1.29, 1.82) is 0 Å². The van der Waals surface area contributed by atoms with E-state index in [0.29, 0.717) is 27.1 Å². The fourth-order valence-electron chi connectivity index (χ4n) is 2.93. The summed E-state index contributed by atoms with van der Waals surface area (Å²) in [6.07, 6.45) is -0.0340. The molecule has 0 spiro atoms. The largest absolute Gasteiger partial charge is 0.326 e. The Kier molecular flexibility index (Phi) is 5.33. The quantitative estimate of drug-likeness (QED) is 0.497. The highest BCUT2D eigenvalue weighted by atomic mass is 35.5. The molecule has 2 N–H and O–H groups in total. The number of benzene rings is 2. The molecule has 29 heavy (non-hydrogen) atoms. The summed E-state index contributed by atoms with van der Waals surface area (Å²) in [5, 5.41) is 8.82. The lowest BCUT2D eigenvalue weighted by Gasteiger charge is -2.04. The number of aromatic amines is 1. The number of hydrogen-bond acceptors (Lipinski definition) is 4. The summed E-state index contributed by atoms with van der Waals surface area (Å²) in [6.45, 7) is 1.77. The molecule has 0 aliphatic rings. The molecule has 0 aliphatic carbocycles. The van der Waals surface area contributed by atoms with Gasteiger partial charge in [-0.2, -0.15) is 4.68 Å². The third-order valence-electron chi connectivity index (χ3n) is 4.41. The number of nitrogens with one attached hydrogen (secondary N) is 2. The normalized spacial score (nSPS) is 10.8. The van der Waals surface area contributed by atoms with Gasteiger partial charge in [-0.3, -0.25) is 14.7 Å². The molecule has 0 aliphatic heterocycles. The first-order valence-corrected chi connectivity index (χ1v) is 10.1. The zero-order valence-corrected chi connectivity index (χ0v) is 17.1. The number of thiazole rings is 1. The highest BCUT2D eigenvalue weighted by Gasteiger charge is 2.18. The molecule has 2 aromatic carbocycles. The van der Waals surface area contributed by atoms with E-state index in [1.165, 1.54) is 16.0 Å². The number of halogens is 1. The number of carbonyl (C=O) groups excluding carboxylic acids is 1. The number of nitrogens with zero attached hydrogens (tertiary/aromatic N) is 2. The predicted molar refractivity (Wildman–Crippen MR) is 116 cm³/mol. The van der Waals surface area contributed by atoms with E-state index in [-0.39, 0.29) is 17.9 Å². The van der Waals surface area contributed by atoms with Crippen LogP contribution in [0.25, 0.3) is 16.4 Å². The van der Waals surface area contributed by atoms with Crippen LogP contribution in [-0.2, 0) is 11.2 Å². The first-order valence-electron chi connectivity index (χ1n) is 8.88. The summed E-state index contributed by atoms with van der Waals surface area (Å²) in [6, 6.07) is 16.6. The van der Waals surface area contributed by atoms with Gasteiger partial charge in [-0.25, -0.2) is 4.98 Å². The van der Waals surface area contributed by atoms with Gasteiger partial charge in [0.25, 0.3) is 5.56 Å². The molecule has 0 saturated heterocycles. The van der Waals surface area contributed by atoms with Crippen LogP contribution in [0.1, 0.15) is 11.3 Å². The minimum Gasteiger partial charge on any atom is -0.326 e. The third-order valence-corrected chi connectivity index (χ3v) is 5.49. The molecule has 0 radical (unpaired) electrons.